The second-order valence-corrected chi connectivity index (χ2v) is 28.8. The van der Waals surface area contributed by atoms with E-state index in [1.807, 2.05) is 30.4 Å². The highest BCUT2D eigenvalue weighted by Gasteiger charge is 2.30. The smallest absolute Gasteiger partial charge is 0.462 e. The van der Waals surface area contributed by atoms with E-state index in [1.165, 1.54) is 38.5 Å². The van der Waals surface area contributed by atoms with Crippen molar-refractivity contribution >= 4 is 39.5 Å². The van der Waals surface area contributed by atoms with E-state index in [0.717, 1.165) is 161 Å². The zero-order valence-corrected chi connectivity index (χ0v) is 67.3. The quantitative estimate of drug-likeness (QED) is 0.0169. The number of hydrogen-bond donors (Lipinski definition) is 3. The van der Waals surface area contributed by atoms with Gasteiger partial charge < -0.3 is 33.8 Å². The van der Waals surface area contributed by atoms with Crippen LogP contribution in [0.15, 0.2) is 182 Å². The third kappa shape index (κ3) is 76.4. The molecule has 106 heavy (non-hydrogen) atoms. The molecule has 0 fully saturated rings. The number of esters is 4. The van der Waals surface area contributed by atoms with Crippen LogP contribution in [0.5, 0.6) is 0 Å². The number of rotatable bonds is 73. The lowest BCUT2D eigenvalue weighted by molar-refractivity contribution is -0.161. The molecule has 0 aromatic heterocycles. The number of carbonyl (C=O) groups excluding carboxylic acids is 4. The van der Waals surface area contributed by atoms with E-state index < -0.39 is 97.5 Å². The van der Waals surface area contributed by atoms with Gasteiger partial charge in [-0.2, -0.15) is 0 Å². The highest BCUT2D eigenvalue weighted by atomic mass is 31.2. The van der Waals surface area contributed by atoms with Gasteiger partial charge in [0.15, 0.2) is 12.2 Å². The maximum absolute atomic E-state index is 13.1. The van der Waals surface area contributed by atoms with Crippen molar-refractivity contribution in [2.24, 2.45) is 0 Å². The molecule has 3 N–H and O–H groups in total. The molecule has 0 rings (SSSR count). The molecule has 0 saturated heterocycles. The number of phosphoric acid groups is 2. The maximum Gasteiger partial charge on any atom is 0.472 e. The minimum Gasteiger partial charge on any atom is -0.462 e. The molecular formula is C87H140O17P2. The van der Waals surface area contributed by atoms with Crippen molar-refractivity contribution in [2.45, 2.75) is 303 Å². The highest BCUT2D eigenvalue weighted by Crippen LogP contribution is 2.45. The summed E-state index contributed by atoms with van der Waals surface area (Å²) < 4.78 is 68.4. The van der Waals surface area contributed by atoms with E-state index >= 15 is 0 Å². The van der Waals surface area contributed by atoms with Crippen LogP contribution in [0.4, 0.5) is 0 Å². The Morgan fingerprint density at radius 2 is 0.547 bits per heavy atom. The van der Waals surface area contributed by atoms with E-state index in [0.29, 0.717) is 32.1 Å². The molecule has 600 valence electrons. The van der Waals surface area contributed by atoms with Gasteiger partial charge in [-0.15, -0.1) is 0 Å². The average molecular weight is 1520 g/mol. The minimum absolute atomic E-state index is 0.00969. The third-order valence-electron chi connectivity index (χ3n) is 15.9. The summed E-state index contributed by atoms with van der Waals surface area (Å²) in [6.07, 6.45) is 93.5. The summed E-state index contributed by atoms with van der Waals surface area (Å²) in [7, 11) is -10.0. The molecule has 5 atom stereocenters. The first-order valence-electron chi connectivity index (χ1n) is 40.0. The molecule has 0 radical (unpaired) electrons. The summed E-state index contributed by atoms with van der Waals surface area (Å²) >= 11 is 0. The monoisotopic (exact) mass is 1520 g/mol. The molecule has 0 bridgehead atoms. The Hall–Kier alpha value is -5.84. The van der Waals surface area contributed by atoms with Crippen LogP contribution >= 0.6 is 15.6 Å². The van der Waals surface area contributed by atoms with E-state index in [1.54, 1.807) is 12.2 Å². The molecule has 0 saturated carbocycles. The van der Waals surface area contributed by atoms with Crippen molar-refractivity contribution in [3.63, 3.8) is 0 Å². The third-order valence-corrected chi connectivity index (χ3v) is 17.8. The van der Waals surface area contributed by atoms with Gasteiger partial charge in [0.1, 0.15) is 19.3 Å². The maximum atomic E-state index is 13.1. The molecule has 0 aliphatic heterocycles. The molecule has 0 amide bonds. The summed E-state index contributed by atoms with van der Waals surface area (Å²) in [5.41, 5.74) is 0. The largest absolute Gasteiger partial charge is 0.472 e. The van der Waals surface area contributed by atoms with Crippen LogP contribution in [0.1, 0.15) is 285 Å². The molecular weight excluding hydrogens is 1380 g/mol. The summed E-state index contributed by atoms with van der Waals surface area (Å²) in [6, 6.07) is 0. The first-order valence-corrected chi connectivity index (χ1v) is 43.0. The van der Waals surface area contributed by atoms with Gasteiger partial charge in [-0.3, -0.25) is 37.3 Å². The van der Waals surface area contributed by atoms with E-state index in [-0.39, 0.29) is 25.7 Å². The summed E-state index contributed by atoms with van der Waals surface area (Å²) in [6.45, 7) is 4.29. The molecule has 17 nitrogen and oxygen atoms in total. The fourth-order valence-corrected chi connectivity index (χ4v) is 11.5. The van der Waals surface area contributed by atoms with Crippen molar-refractivity contribution in [1.29, 1.82) is 0 Å². The lowest BCUT2D eigenvalue weighted by atomic mass is 10.1. The molecule has 0 aromatic carbocycles. The zero-order valence-electron chi connectivity index (χ0n) is 65.5. The number of allylic oxidation sites excluding steroid dienone is 29. The highest BCUT2D eigenvalue weighted by molar-refractivity contribution is 7.47. The van der Waals surface area contributed by atoms with E-state index in [9.17, 15) is 43.2 Å². The van der Waals surface area contributed by atoms with Crippen molar-refractivity contribution in [3.05, 3.63) is 182 Å². The fourth-order valence-electron chi connectivity index (χ4n) is 9.92. The number of ether oxygens (including phenoxy) is 4. The van der Waals surface area contributed by atoms with Crippen LogP contribution in [0.2, 0.25) is 0 Å². The number of aliphatic hydroxyl groups excluding tert-OH is 1. The number of unbranched alkanes of at least 4 members (excludes halogenated alkanes) is 18. The van der Waals surface area contributed by atoms with Crippen LogP contribution < -0.4 is 0 Å². The van der Waals surface area contributed by atoms with Gasteiger partial charge in [-0.05, 0) is 148 Å². The van der Waals surface area contributed by atoms with Crippen molar-refractivity contribution in [1.82, 2.24) is 0 Å². The average Bonchev–Trinajstić information content (AvgIpc) is 0.909. The molecule has 0 heterocycles. The van der Waals surface area contributed by atoms with Crippen molar-refractivity contribution < 1.29 is 80.2 Å². The molecule has 0 aliphatic rings. The Balaban J connectivity index is 5.52. The van der Waals surface area contributed by atoms with Crippen LogP contribution in [-0.4, -0.2) is 96.7 Å². The lowest BCUT2D eigenvalue weighted by Gasteiger charge is -2.21. The van der Waals surface area contributed by atoms with Crippen LogP contribution in [-0.2, 0) is 65.4 Å². The van der Waals surface area contributed by atoms with Gasteiger partial charge in [-0.25, -0.2) is 9.13 Å². The van der Waals surface area contributed by atoms with Crippen LogP contribution in [0.3, 0.4) is 0 Å². The van der Waals surface area contributed by atoms with Gasteiger partial charge in [0.05, 0.1) is 32.8 Å². The number of hydrogen-bond acceptors (Lipinski definition) is 15. The minimum atomic E-state index is -5.03. The van der Waals surface area contributed by atoms with E-state index in [2.05, 4.69) is 167 Å². The molecule has 0 aliphatic carbocycles. The van der Waals surface area contributed by atoms with Gasteiger partial charge in [-0.1, -0.05) is 293 Å². The van der Waals surface area contributed by atoms with Crippen LogP contribution in [0.25, 0.3) is 0 Å². The Kier molecular flexibility index (Phi) is 73.1. The number of phosphoric ester groups is 2. The second-order valence-electron chi connectivity index (χ2n) is 25.9. The molecule has 19 heteroatoms. The fraction of sp³-hybridized carbons (Fsp3) is 0.609. The standard InChI is InChI=1S/C87H140O17P2/c1-5-9-13-17-21-25-29-33-37-39-40-42-46-48-52-56-60-64-68-72-85(90)98-78-83(104-87(92)74-70-66-62-58-54-50-44-36-32-28-24-20-16-12-8-4)80-102-106(95,96)100-76-81(88)75-99-105(93,94)101-79-82(103-86(91)73-69-65-61-57-53-49-43-35-31-27-23-19-15-11-7-3)77-97-84(89)71-67-63-59-55-51-47-45-41-38-34-30-26-22-18-14-10-6-2/h9-10,12-14,16,21-22,24-26,28,33-38,40,42-44,48,52,54,58,60,64,66,70,81-83,88H,5-8,11,15,17-20,23,27,29-32,39,41,45-47,49-51,53,55-57,59,61-63,65,67-69,71-80H2,1-4H3,(H,93,94)(H,95,96)/b13-9-,14-10-,16-12-,25-21-,26-22-,28-24-,37-33-,38-34-,42-40-,43-35-,44-36-,52-48-,58-54-,64-60-,70-66-. The Morgan fingerprint density at radius 3 is 0.906 bits per heavy atom. The summed E-state index contributed by atoms with van der Waals surface area (Å²) in [5.74, 6) is -2.46. The first-order chi connectivity index (χ1) is 51.7. The van der Waals surface area contributed by atoms with Gasteiger partial charge in [0.25, 0.3) is 0 Å². The zero-order chi connectivity index (χ0) is 77.4. The first kappa shape index (κ1) is 100. The Labute approximate surface area is 641 Å². The van der Waals surface area contributed by atoms with Crippen molar-refractivity contribution in [3.8, 4) is 0 Å². The molecule has 0 aromatic rings. The molecule has 5 unspecified atom stereocenters. The van der Waals surface area contributed by atoms with E-state index in [4.69, 9.17) is 37.0 Å². The van der Waals surface area contributed by atoms with Gasteiger partial charge >= 0.3 is 39.5 Å². The predicted molar refractivity (Wildman–Crippen MR) is 436 cm³/mol. The summed E-state index contributed by atoms with van der Waals surface area (Å²) in [5, 5.41) is 10.6. The Bertz CT molecular complexity index is 2730. The number of aliphatic hydroxyl groups is 1. The van der Waals surface area contributed by atoms with Gasteiger partial charge in [0.2, 0.25) is 0 Å². The summed E-state index contributed by atoms with van der Waals surface area (Å²) in [4.78, 5) is 73.0. The SMILES string of the molecule is CC/C=C\C/C=C\C/C=C\C/C=C\C/C=C\C/C=C\CCC(=O)OCC(COP(=O)(O)OCC(O)COP(=O)(O)OCC(COC(=O)CCCCCCCCC/C=C\C/C=C\C/C=C\CC)OC(=O)CCCCCCC/C=C\CCCCCCCC)OC(=O)C/C=C\C/C=C\C/C=C\C/C=C\C/C=C\CC. The van der Waals surface area contributed by atoms with Crippen molar-refractivity contribution in [2.75, 3.05) is 39.6 Å². The van der Waals surface area contributed by atoms with Crippen LogP contribution in [0, 0.1) is 0 Å². The number of carbonyl (C=O) groups is 4. The second kappa shape index (κ2) is 77.3. The predicted octanol–water partition coefficient (Wildman–Crippen LogP) is 23.6. The molecule has 0 spiro atoms. The Morgan fingerprint density at radius 1 is 0.283 bits per heavy atom. The van der Waals surface area contributed by atoms with Gasteiger partial charge in [0, 0.05) is 19.3 Å². The lowest BCUT2D eigenvalue weighted by Crippen LogP contribution is -2.30. The normalized spacial score (nSPS) is 14.8. The topological polar surface area (TPSA) is 237 Å².